The predicted molar refractivity (Wildman–Crippen MR) is 60.0 cm³/mol. The standard InChI is InChI=1S/C10H19NO4S/c1-7-3-11(4-8(2)15-7)9-5-16(13,14)6-10(9)12/h7-10,12H,3-6H2,1-2H3/t7-,8+,9?,10?. The Hall–Kier alpha value is -0.170. The molecule has 0 bridgehead atoms. The quantitative estimate of drug-likeness (QED) is 0.662. The first-order valence-corrected chi connectivity index (χ1v) is 7.47. The number of hydrogen-bond donors (Lipinski definition) is 1. The van der Waals surface area contributed by atoms with Gasteiger partial charge >= 0.3 is 0 Å². The zero-order valence-electron chi connectivity index (χ0n) is 9.67. The van der Waals surface area contributed by atoms with E-state index in [1.807, 2.05) is 18.7 Å². The zero-order valence-corrected chi connectivity index (χ0v) is 10.5. The molecule has 5 nitrogen and oxygen atoms in total. The number of aliphatic hydroxyl groups excluding tert-OH is 1. The molecule has 2 rings (SSSR count). The summed E-state index contributed by atoms with van der Waals surface area (Å²) in [5.41, 5.74) is 0. The smallest absolute Gasteiger partial charge is 0.154 e. The minimum Gasteiger partial charge on any atom is -0.390 e. The SMILES string of the molecule is C[C@@H]1CN(C2CS(=O)(=O)CC2O)C[C@H](C)O1. The van der Waals surface area contributed by atoms with Gasteiger partial charge in [-0.1, -0.05) is 0 Å². The molecule has 2 aliphatic heterocycles. The van der Waals surface area contributed by atoms with Crippen LogP contribution >= 0.6 is 0 Å². The summed E-state index contributed by atoms with van der Waals surface area (Å²) in [6.45, 7) is 5.33. The minimum atomic E-state index is -3.06. The Labute approximate surface area is 96.3 Å². The van der Waals surface area contributed by atoms with Gasteiger partial charge in [-0.3, -0.25) is 4.90 Å². The average molecular weight is 249 g/mol. The Morgan fingerprint density at radius 1 is 1.19 bits per heavy atom. The van der Waals surface area contributed by atoms with Gasteiger partial charge in [-0.15, -0.1) is 0 Å². The molecule has 6 heteroatoms. The Morgan fingerprint density at radius 3 is 2.19 bits per heavy atom. The summed E-state index contributed by atoms with van der Waals surface area (Å²) in [5, 5.41) is 9.79. The summed E-state index contributed by atoms with van der Waals surface area (Å²) in [5.74, 6) is -0.0224. The number of morpholine rings is 1. The summed E-state index contributed by atoms with van der Waals surface area (Å²) in [4.78, 5) is 2.05. The average Bonchev–Trinajstić information content (AvgIpc) is 2.38. The van der Waals surface area contributed by atoms with E-state index in [9.17, 15) is 13.5 Å². The summed E-state index contributed by atoms with van der Waals surface area (Å²) in [7, 11) is -3.06. The zero-order chi connectivity index (χ0) is 11.9. The second kappa shape index (κ2) is 4.25. The molecule has 0 aliphatic carbocycles. The van der Waals surface area contributed by atoms with E-state index in [4.69, 9.17) is 4.74 Å². The molecule has 0 spiro atoms. The highest BCUT2D eigenvalue weighted by molar-refractivity contribution is 7.91. The van der Waals surface area contributed by atoms with Crippen LogP contribution in [0.2, 0.25) is 0 Å². The van der Waals surface area contributed by atoms with Crippen LogP contribution < -0.4 is 0 Å². The lowest BCUT2D eigenvalue weighted by Crippen LogP contribution is -2.53. The van der Waals surface area contributed by atoms with Crippen LogP contribution in [0.15, 0.2) is 0 Å². The van der Waals surface area contributed by atoms with Crippen molar-refractivity contribution in [1.82, 2.24) is 4.90 Å². The molecule has 2 heterocycles. The monoisotopic (exact) mass is 249 g/mol. The fourth-order valence-electron chi connectivity index (χ4n) is 2.65. The molecule has 0 radical (unpaired) electrons. The molecule has 0 amide bonds. The Morgan fingerprint density at radius 2 is 1.75 bits per heavy atom. The summed E-state index contributed by atoms with van der Waals surface area (Å²) < 4.78 is 28.5. The summed E-state index contributed by atoms with van der Waals surface area (Å²) in [6.07, 6.45) is -0.555. The fraction of sp³-hybridized carbons (Fsp3) is 1.00. The van der Waals surface area contributed by atoms with Crippen molar-refractivity contribution >= 4 is 9.84 Å². The summed E-state index contributed by atoms with van der Waals surface area (Å²) in [6, 6.07) is -0.251. The third kappa shape index (κ3) is 2.56. The topological polar surface area (TPSA) is 66.8 Å². The molecule has 2 unspecified atom stereocenters. The number of ether oxygens (including phenoxy) is 1. The van der Waals surface area contributed by atoms with Crippen LogP contribution in [-0.4, -0.2) is 67.4 Å². The lowest BCUT2D eigenvalue weighted by Gasteiger charge is -2.39. The van der Waals surface area contributed by atoms with Gasteiger partial charge in [0.1, 0.15) is 0 Å². The number of rotatable bonds is 1. The van der Waals surface area contributed by atoms with E-state index in [1.165, 1.54) is 0 Å². The maximum Gasteiger partial charge on any atom is 0.154 e. The lowest BCUT2D eigenvalue weighted by molar-refractivity contribution is -0.0884. The van der Waals surface area contributed by atoms with Crippen molar-refractivity contribution in [2.24, 2.45) is 0 Å². The Kier molecular flexibility index (Phi) is 3.27. The second-order valence-corrected chi connectivity index (χ2v) is 7.08. The van der Waals surface area contributed by atoms with Gasteiger partial charge in [-0.25, -0.2) is 8.42 Å². The van der Waals surface area contributed by atoms with Crippen LogP contribution in [0.25, 0.3) is 0 Å². The molecular formula is C10H19NO4S. The first-order chi connectivity index (χ1) is 7.37. The summed E-state index contributed by atoms with van der Waals surface area (Å²) >= 11 is 0. The lowest BCUT2D eigenvalue weighted by atomic mass is 10.1. The first kappa shape index (κ1) is 12.3. The predicted octanol–water partition coefficient (Wildman–Crippen LogP) is -0.746. The molecule has 1 N–H and O–H groups in total. The van der Waals surface area contributed by atoms with Gasteiger partial charge in [0.15, 0.2) is 9.84 Å². The van der Waals surface area contributed by atoms with Crippen LogP contribution in [0.4, 0.5) is 0 Å². The van der Waals surface area contributed by atoms with Gasteiger partial charge in [0.25, 0.3) is 0 Å². The molecule has 2 saturated heterocycles. The second-order valence-electron chi connectivity index (χ2n) is 4.92. The van der Waals surface area contributed by atoms with E-state index in [1.54, 1.807) is 0 Å². The third-order valence-corrected chi connectivity index (χ3v) is 4.91. The van der Waals surface area contributed by atoms with Crippen LogP contribution in [-0.2, 0) is 14.6 Å². The van der Waals surface area contributed by atoms with Crippen molar-refractivity contribution in [3.63, 3.8) is 0 Å². The molecule has 2 aliphatic rings. The number of aliphatic hydroxyl groups is 1. The van der Waals surface area contributed by atoms with Crippen LogP contribution in [0.5, 0.6) is 0 Å². The number of nitrogens with zero attached hydrogens (tertiary/aromatic N) is 1. The Bertz CT molecular complexity index is 346. The van der Waals surface area contributed by atoms with E-state index in [0.717, 1.165) is 0 Å². The molecule has 4 atom stereocenters. The molecule has 0 saturated carbocycles. The van der Waals surface area contributed by atoms with Crippen molar-refractivity contribution in [3.8, 4) is 0 Å². The number of hydrogen-bond acceptors (Lipinski definition) is 5. The van der Waals surface area contributed by atoms with Crippen LogP contribution in [0.3, 0.4) is 0 Å². The fourth-order valence-corrected chi connectivity index (χ4v) is 4.48. The highest BCUT2D eigenvalue weighted by Crippen LogP contribution is 2.22. The maximum atomic E-state index is 11.4. The molecule has 16 heavy (non-hydrogen) atoms. The number of sulfone groups is 1. The van der Waals surface area contributed by atoms with Crippen LogP contribution in [0.1, 0.15) is 13.8 Å². The van der Waals surface area contributed by atoms with Crippen molar-refractivity contribution in [1.29, 1.82) is 0 Å². The van der Waals surface area contributed by atoms with Gasteiger partial charge in [0.05, 0.1) is 35.9 Å². The minimum absolute atomic E-state index is 0.0770. The largest absolute Gasteiger partial charge is 0.390 e. The van der Waals surface area contributed by atoms with E-state index in [2.05, 4.69) is 0 Å². The maximum absolute atomic E-state index is 11.4. The molecule has 0 aromatic carbocycles. The van der Waals surface area contributed by atoms with Crippen molar-refractivity contribution in [3.05, 3.63) is 0 Å². The van der Waals surface area contributed by atoms with Crippen molar-refractivity contribution in [2.75, 3.05) is 24.6 Å². The highest BCUT2D eigenvalue weighted by Gasteiger charge is 2.41. The normalized spacial score (nSPS) is 44.7. The van der Waals surface area contributed by atoms with Crippen LogP contribution in [0, 0.1) is 0 Å². The van der Waals surface area contributed by atoms with Gasteiger partial charge in [-0.2, -0.15) is 0 Å². The van der Waals surface area contributed by atoms with Crippen molar-refractivity contribution in [2.45, 2.75) is 38.2 Å². The molecule has 0 aromatic rings. The molecular weight excluding hydrogens is 230 g/mol. The van der Waals surface area contributed by atoms with E-state index < -0.39 is 15.9 Å². The molecule has 2 fully saturated rings. The Balaban J connectivity index is 2.07. The van der Waals surface area contributed by atoms with Crippen molar-refractivity contribution < 1.29 is 18.3 Å². The van der Waals surface area contributed by atoms with E-state index >= 15 is 0 Å². The first-order valence-electron chi connectivity index (χ1n) is 5.65. The highest BCUT2D eigenvalue weighted by atomic mass is 32.2. The third-order valence-electron chi connectivity index (χ3n) is 3.21. The van der Waals surface area contributed by atoms with Gasteiger partial charge in [0, 0.05) is 13.1 Å². The van der Waals surface area contributed by atoms with Gasteiger partial charge in [-0.05, 0) is 13.8 Å². The van der Waals surface area contributed by atoms with Gasteiger partial charge < -0.3 is 9.84 Å². The van der Waals surface area contributed by atoms with E-state index in [0.29, 0.717) is 13.1 Å². The molecule has 94 valence electrons. The van der Waals surface area contributed by atoms with Gasteiger partial charge in [0.2, 0.25) is 0 Å². The molecule has 0 aromatic heterocycles. The van der Waals surface area contributed by atoms with E-state index in [-0.39, 0.29) is 29.8 Å².